The molecule has 4 nitrogen and oxygen atoms in total. The van der Waals surface area contributed by atoms with E-state index in [2.05, 4.69) is 0 Å². The maximum absolute atomic E-state index is 12.3. The van der Waals surface area contributed by atoms with Gasteiger partial charge in [-0.1, -0.05) is 12.1 Å². The second kappa shape index (κ2) is 6.26. The summed E-state index contributed by atoms with van der Waals surface area (Å²) >= 11 is 1.68. The number of hydrogen-bond donors (Lipinski definition) is 0. The van der Waals surface area contributed by atoms with Crippen LogP contribution in [0.3, 0.4) is 0 Å². The molecule has 1 aromatic carbocycles. The van der Waals surface area contributed by atoms with Crippen molar-refractivity contribution >= 4 is 22.0 Å². The molecular weight excluding hydrogens is 280 g/mol. The molecule has 1 saturated heterocycles. The quantitative estimate of drug-likeness (QED) is 0.783. The van der Waals surface area contributed by atoms with Crippen LogP contribution >= 0.6 is 11.8 Å². The third-order valence-electron chi connectivity index (χ3n) is 3.35. The molecule has 2 rings (SSSR count). The molecule has 0 amide bonds. The highest BCUT2D eigenvalue weighted by atomic mass is 32.2. The topological polar surface area (TPSA) is 40.6 Å². The number of thioether (sulfide) groups is 1. The molecule has 1 aliphatic heterocycles. The van der Waals surface area contributed by atoms with E-state index in [1.54, 1.807) is 23.1 Å². The Hall–Kier alpha value is -0.560. The molecule has 0 aromatic heterocycles. The summed E-state index contributed by atoms with van der Waals surface area (Å²) in [4.78, 5) is 1.19. The van der Waals surface area contributed by atoms with Crippen molar-refractivity contribution in [3.05, 3.63) is 29.8 Å². The second-order valence-corrected chi connectivity index (χ2v) is 7.63. The fourth-order valence-corrected chi connectivity index (χ4v) is 4.02. The fourth-order valence-electron chi connectivity index (χ4n) is 2.19. The normalized spacial score (nSPS) is 17.2. The van der Waals surface area contributed by atoms with Gasteiger partial charge in [0.2, 0.25) is 0 Å². The monoisotopic (exact) mass is 300 g/mol. The molecular formula is C13H20N2O2S2. The van der Waals surface area contributed by atoms with E-state index >= 15 is 0 Å². The Morgan fingerprint density at radius 2 is 1.79 bits per heavy atom. The van der Waals surface area contributed by atoms with Crippen molar-refractivity contribution in [1.29, 1.82) is 0 Å². The van der Waals surface area contributed by atoms with Crippen LogP contribution in [0.4, 0.5) is 0 Å². The Balaban J connectivity index is 2.04. The Morgan fingerprint density at radius 3 is 2.32 bits per heavy atom. The third kappa shape index (κ3) is 3.51. The van der Waals surface area contributed by atoms with Crippen molar-refractivity contribution in [2.75, 3.05) is 26.4 Å². The van der Waals surface area contributed by atoms with Crippen molar-refractivity contribution in [3.8, 4) is 0 Å². The number of nitrogens with zero attached hydrogens (tertiary/aromatic N) is 2. The fraction of sp³-hybridized carbons (Fsp3) is 0.538. The first kappa shape index (κ1) is 14.8. The van der Waals surface area contributed by atoms with E-state index in [4.69, 9.17) is 0 Å². The highest BCUT2D eigenvalue weighted by molar-refractivity contribution is 7.98. The van der Waals surface area contributed by atoms with Crippen molar-refractivity contribution in [3.63, 3.8) is 0 Å². The lowest BCUT2D eigenvalue weighted by Gasteiger charge is -2.23. The van der Waals surface area contributed by atoms with E-state index in [0.717, 1.165) is 18.4 Å². The number of rotatable bonds is 5. The summed E-state index contributed by atoms with van der Waals surface area (Å²) in [7, 11) is -1.64. The maximum Gasteiger partial charge on any atom is 0.282 e. The molecule has 19 heavy (non-hydrogen) atoms. The lowest BCUT2D eigenvalue weighted by atomic mass is 10.2. The van der Waals surface area contributed by atoms with Crippen LogP contribution in [-0.2, 0) is 16.8 Å². The summed E-state index contributed by atoms with van der Waals surface area (Å²) < 4.78 is 27.6. The summed E-state index contributed by atoms with van der Waals surface area (Å²) in [6.45, 7) is 1.73. The van der Waals surface area contributed by atoms with E-state index in [-0.39, 0.29) is 0 Å². The van der Waals surface area contributed by atoms with Gasteiger partial charge in [-0.2, -0.15) is 17.0 Å². The average molecular weight is 300 g/mol. The molecule has 1 fully saturated rings. The van der Waals surface area contributed by atoms with Crippen molar-refractivity contribution in [2.24, 2.45) is 0 Å². The lowest BCUT2D eigenvalue weighted by molar-refractivity contribution is 0.392. The van der Waals surface area contributed by atoms with E-state index in [1.807, 2.05) is 30.5 Å². The molecule has 0 N–H and O–H groups in total. The molecule has 1 heterocycles. The predicted molar refractivity (Wildman–Crippen MR) is 79.4 cm³/mol. The van der Waals surface area contributed by atoms with Gasteiger partial charge in [0.1, 0.15) is 0 Å². The minimum absolute atomic E-state index is 0.424. The van der Waals surface area contributed by atoms with Crippen molar-refractivity contribution in [1.82, 2.24) is 8.61 Å². The molecule has 0 aliphatic carbocycles. The summed E-state index contributed by atoms with van der Waals surface area (Å²) in [5, 5.41) is 0. The molecule has 0 bridgehead atoms. The summed E-state index contributed by atoms with van der Waals surface area (Å²) in [6.07, 6.45) is 3.96. The van der Waals surface area contributed by atoms with Gasteiger partial charge in [-0.25, -0.2) is 0 Å². The van der Waals surface area contributed by atoms with Gasteiger partial charge in [0.25, 0.3) is 10.2 Å². The molecule has 106 valence electrons. The van der Waals surface area contributed by atoms with Gasteiger partial charge in [0.15, 0.2) is 0 Å². The summed E-state index contributed by atoms with van der Waals surface area (Å²) in [5.41, 5.74) is 1.02. The van der Waals surface area contributed by atoms with E-state index < -0.39 is 10.2 Å². The van der Waals surface area contributed by atoms with Crippen molar-refractivity contribution < 1.29 is 8.42 Å². The van der Waals surface area contributed by atoms with Crippen molar-refractivity contribution in [2.45, 2.75) is 24.3 Å². The highest BCUT2D eigenvalue weighted by Gasteiger charge is 2.29. The molecule has 0 unspecified atom stereocenters. The molecule has 0 radical (unpaired) electrons. The molecule has 0 spiro atoms. The van der Waals surface area contributed by atoms with E-state index in [9.17, 15) is 8.42 Å². The molecule has 0 atom stereocenters. The predicted octanol–water partition coefficient (Wildman–Crippen LogP) is 2.18. The van der Waals surface area contributed by atoms with Gasteiger partial charge in [-0.15, -0.1) is 11.8 Å². The Labute approximate surface area is 120 Å². The third-order valence-corrected chi connectivity index (χ3v) is 6.03. The summed E-state index contributed by atoms with van der Waals surface area (Å²) in [6, 6.07) is 8.02. The van der Waals surface area contributed by atoms with Crippen LogP contribution in [0.1, 0.15) is 18.4 Å². The maximum atomic E-state index is 12.3. The smallest absolute Gasteiger partial charge is 0.195 e. The van der Waals surface area contributed by atoms with Crippen LogP contribution < -0.4 is 0 Å². The van der Waals surface area contributed by atoms with Gasteiger partial charge >= 0.3 is 0 Å². The van der Waals surface area contributed by atoms with E-state index in [0.29, 0.717) is 19.6 Å². The zero-order valence-electron chi connectivity index (χ0n) is 11.4. The highest BCUT2D eigenvalue weighted by Crippen LogP contribution is 2.19. The first-order valence-electron chi connectivity index (χ1n) is 6.38. The van der Waals surface area contributed by atoms with Crippen LogP contribution in [0, 0.1) is 0 Å². The van der Waals surface area contributed by atoms with Gasteiger partial charge in [-0.05, 0) is 36.8 Å². The second-order valence-electron chi connectivity index (χ2n) is 4.72. The SMILES string of the molecule is CSc1ccc(CN(C)S(=O)(=O)N2CCCC2)cc1. The molecule has 1 aromatic rings. The van der Waals surface area contributed by atoms with E-state index in [1.165, 1.54) is 9.20 Å². The minimum atomic E-state index is -3.29. The first-order valence-corrected chi connectivity index (χ1v) is 9.00. The molecule has 6 heteroatoms. The number of hydrogen-bond acceptors (Lipinski definition) is 3. The minimum Gasteiger partial charge on any atom is -0.195 e. The largest absolute Gasteiger partial charge is 0.282 e. The molecule has 1 aliphatic rings. The van der Waals surface area contributed by atoms with Gasteiger partial charge in [0.05, 0.1) is 0 Å². The Morgan fingerprint density at radius 1 is 1.21 bits per heavy atom. The Kier molecular flexibility index (Phi) is 4.89. The standard InChI is InChI=1S/C13H20N2O2S2/c1-14(19(16,17)15-9-3-4-10-15)11-12-5-7-13(18-2)8-6-12/h5-8H,3-4,9-11H2,1-2H3. The zero-order valence-corrected chi connectivity index (χ0v) is 13.0. The van der Waals surface area contributed by atoms with Gasteiger partial charge < -0.3 is 0 Å². The van der Waals surface area contributed by atoms with Gasteiger partial charge in [0, 0.05) is 31.6 Å². The zero-order chi connectivity index (χ0) is 13.9. The lowest BCUT2D eigenvalue weighted by Crippen LogP contribution is -2.39. The average Bonchev–Trinajstić information content (AvgIpc) is 2.94. The van der Waals surface area contributed by atoms with Crippen LogP contribution in [0.5, 0.6) is 0 Å². The van der Waals surface area contributed by atoms with Crippen LogP contribution in [0.15, 0.2) is 29.2 Å². The van der Waals surface area contributed by atoms with Crippen LogP contribution in [0.25, 0.3) is 0 Å². The Bertz CT molecular complexity index is 508. The summed E-state index contributed by atoms with van der Waals surface area (Å²) in [5.74, 6) is 0. The van der Waals surface area contributed by atoms with Crippen LogP contribution in [-0.4, -0.2) is 43.4 Å². The molecule has 0 saturated carbocycles. The van der Waals surface area contributed by atoms with Gasteiger partial charge in [-0.3, -0.25) is 0 Å². The van der Waals surface area contributed by atoms with Crippen LogP contribution in [0.2, 0.25) is 0 Å². The first-order chi connectivity index (χ1) is 9.04. The number of benzene rings is 1.